The number of nitrogens with zero attached hydrogens (tertiary/aromatic N) is 5. The van der Waals surface area contributed by atoms with Crippen molar-refractivity contribution in [2.45, 2.75) is 13.5 Å². The Morgan fingerprint density at radius 2 is 2.26 bits per heavy atom. The molecule has 0 saturated carbocycles. The molecule has 0 spiro atoms. The maximum Gasteiger partial charge on any atom is 0.252 e. The van der Waals surface area contributed by atoms with Crippen LogP contribution in [0.5, 0.6) is 0 Å². The number of carbonyl (C=O) groups excluding carboxylic acids is 1. The van der Waals surface area contributed by atoms with Gasteiger partial charge in [-0.25, -0.2) is 0 Å². The van der Waals surface area contributed by atoms with E-state index in [2.05, 4.69) is 20.3 Å². The highest BCUT2D eigenvalue weighted by Crippen LogP contribution is 2.19. The summed E-state index contributed by atoms with van der Waals surface area (Å²) in [6, 6.07) is 1.37. The Morgan fingerprint density at radius 3 is 2.84 bits per heavy atom. The van der Waals surface area contributed by atoms with Crippen molar-refractivity contribution in [3.8, 4) is 0 Å². The van der Waals surface area contributed by atoms with E-state index in [1.165, 1.54) is 6.07 Å². The number of hydrogen-bond acceptors (Lipinski definition) is 7. The summed E-state index contributed by atoms with van der Waals surface area (Å²) in [6.45, 7) is 1.99. The molecule has 0 aliphatic heterocycles. The summed E-state index contributed by atoms with van der Waals surface area (Å²) in [5, 5.41) is 11.4. The number of rotatable bonds is 4. The number of amides is 1. The monoisotopic (exact) mass is 282 g/mol. The fraction of sp³-hybridized carbons (Fsp3) is 0.300. The molecule has 1 amide bonds. The molecule has 2 aromatic rings. The molecule has 9 heteroatoms. The molecule has 0 saturated heterocycles. The van der Waals surface area contributed by atoms with Crippen molar-refractivity contribution in [1.29, 1.82) is 0 Å². The highest BCUT2D eigenvalue weighted by atomic mass is 35.5. The van der Waals surface area contributed by atoms with E-state index in [1.54, 1.807) is 18.9 Å². The standard InChI is InChI=1S/C10H11ClN6O2/c1-5-13-8(16-19-5)4-17(2)10-6(9(12)18)3-7(11)14-15-10/h3H,4H2,1-2H3,(H2,12,18). The first-order valence-corrected chi connectivity index (χ1v) is 5.68. The lowest BCUT2D eigenvalue weighted by Gasteiger charge is -2.17. The van der Waals surface area contributed by atoms with Crippen LogP contribution in [0, 0.1) is 6.92 Å². The second-order valence-corrected chi connectivity index (χ2v) is 4.24. The Bertz CT molecular complexity index is 614. The van der Waals surface area contributed by atoms with Gasteiger partial charge in [0.2, 0.25) is 5.89 Å². The summed E-state index contributed by atoms with van der Waals surface area (Å²) in [4.78, 5) is 17.0. The van der Waals surface area contributed by atoms with Crippen molar-refractivity contribution in [2.75, 3.05) is 11.9 Å². The van der Waals surface area contributed by atoms with Gasteiger partial charge in [0.25, 0.3) is 5.91 Å². The van der Waals surface area contributed by atoms with Crippen LogP contribution in [0.3, 0.4) is 0 Å². The summed E-state index contributed by atoms with van der Waals surface area (Å²) < 4.78 is 4.86. The van der Waals surface area contributed by atoms with Crippen molar-refractivity contribution in [3.63, 3.8) is 0 Å². The number of halogens is 1. The molecule has 0 unspecified atom stereocenters. The fourth-order valence-corrected chi connectivity index (χ4v) is 1.66. The highest BCUT2D eigenvalue weighted by Gasteiger charge is 2.17. The van der Waals surface area contributed by atoms with E-state index < -0.39 is 5.91 Å². The van der Waals surface area contributed by atoms with Crippen LogP contribution in [-0.2, 0) is 6.54 Å². The topological polar surface area (TPSA) is 111 Å². The zero-order chi connectivity index (χ0) is 14.0. The number of aromatic nitrogens is 4. The van der Waals surface area contributed by atoms with Gasteiger partial charge in [0.15, 0.2) is 16.8 Å². The van der Waals surface area contributed by atoms with E-state index in [0.29, 0.717) is 24.1 Å². The maximum absolute atomic E-state index is 11.4. The quantitative estimate of drug-likeness (QED) is 0.872. The number of carbonyl (C=O) groups is 1. The number of nitrogens with two attached hydrogens (primary N) is 1. The number of anilines is 1. The summed E-state index contributed by atoms with van der Waals surface area (Å²) in [6.07, 6.45) is 0. The van der Waals surface area contributed by atoms with E-state index >= 15 is 0 Å². The first kappa shape index (κ1) is 13.2. The van der Waals surface area contributed by atoms with Gasteiger partial charge in [-0.1, -0.05) is 16.8 Å². The van der Waals surface area contributed by atoms with E-state index in [0.717, 1.165) is 0 Å². The molecule has 2 heterocycles. The lowest BCUT2D eigenvalue weighted by atomic mass is 10.2. The molecule has 2 aromatic heterocycles. The van der Waals surface area contributed by atoms with Crippen molar-refractivity contribution < 1.29 is 9.32 Å². The second-order valence-electron chi connectivity index (χ2n) is 3.85. The molecule has 0 atom stereocenters. The third kappa shape index (κ3) is 2.97. The average Bonchev–Trinajstić information content (AvgIpc) is 2.74. The van der Waals surface area contributed by atoms with Gasteiger partial charge < -0.3 is 15.2 Å². The van der Waals surface area contributed by atoms with E-state index in [4.69, 9.17) is 21.9 Å². The Labute approximate surface area is 113 Å². The minimum Gasteiger partial charge on any atom is -0.365 e. The van der Waals surface area contributed by atoms with Gasteiger partial charge in [0.1, 0.15) is 0 Å². The Balaban J connectivity index is 2.28. The molecule has 0 radical (unpaired) electrons. The van der Waals surface area contributed by atoms with Crippen molar-refractivity contribution >= 4 is 23.3 Å². The molecule has 19 heavy (non-hydrogen) atoms. The first-order valence-electron chi connectivity index (χ1n) is 5.30. The van der Waals surface area contributed by atoms with Crippen molar-refractivity contribution in [2.24, 2.45) is 5.73 Å². The van der Waals surface area contributed by atoms with Gasteiger partial charge >= 0.3 is 0 Å². The van der Waals surface area contributed by atoms with Crippen LogP contribution in [-0.4, -0.2) is 33.3 Å². The van der Waals surface area contributed by atoms with Gasteiger partial charge in [0.05, 0.1) is 12.1 Å². The normalized spacial score (nSPS) is 10.5. The third-order valence-corrected chi connectivity index (χ3v) is 2.50. The predicted octanol–water partition coefficient (Wildman–Crippen LogP) is 0.557. The average molecular weight is 283 g/mol. The van der Waals surface area contributed by atoms with E-state index in [1.807, 2.05) is 0 Å². The van der Waals surface area contributed by atoms with Crippen LogP contribution in [0.25, 0.3) is 0 Å². The first-order chi connectivity index (χ1) is 8.97. The zero-order valence-electron chi connectivity index (χ0n) is 10.3. The van der Waals surface area contributed by atoms with E-state index in [9.17, 15) is 4.79 Å². The Hall–Kier alpha value is -2.22. The van der Waals surface area contributed by atoms with Crippen LogP contribution in [0.1, 0.15) is 22.1 Å². The molecule has 8 nitrogen and oxygen atoms in total. The van der Waals surface area contributed by atoms with Crippen LogP contribution >= 0.6 is 11.6 Å². The van der Waals surface area contributed by atoms with Gasteiger partial charge in [-0.3, -0.25) is 4.79 Å². The molecule has 0 aromatic carbocycles. The van der Waals surface area contributed by atoms with Crippen LogP contribution < -0.4 is 10.6 Å². The largest absolute Gasteiger partial charge is 0.365 e. The molecular weight excluding hydrogens is 272 g/mol. The fourth-order valence-electron chi connectivity index (χ4n) is 1.52. The minimum atomic E-state index is -0.636. The van der Waals surface area contributed by atoms with Crippen LogP contribution in [0.2, 0.25) is 5.15 Å². The van der Waals surface area contributed by atoms with Gasteiger partial charge in [-0.2, -0.15) is 4.98 Å². The van der Waals surface area contributed by atoms with Crippen molar-refractivity contribution in [3.05, 3.63) is 28.5 Å². The second kappa shape index (κ2) is 5.19. The zero-order valence-corrected chi connectivity index (χ0v) is 11.0. The molecular formula is C10H11ClN6O2. The number of primary amides is 1. The molecule has 2 N–H and O–H groups in total. The number of aryl methyl sites for hydroxylation is 1. The van der Waals surface area contributed by atoms with Crippen molar-refractivity contribution in [1.82, 2.24) is 20.3 Å². The van der Waals surface area contributed by atoms with Crippen LogP contribution in [0.4, 0.5) is 5.82 Å². The van der Waals surface area contributed by atoms with Gasteiger partial charge in [-0.05, 0) is 6.07 Å². The maximum atomic E-state index is 11.4. The highest BCUT2D eigenvalue weighted by molar-refractivity contribution is 6.29. The minimum absolute atomic E-state index is 0.0985. The third-order valence-electron chi connectivity index (χ3n) is 2.32. The Kier molecular flexibility index (Phi) is 3.61. The SMILES string of the molecule is Cc1nc(CN(C)c2nnc(Cl)cc2C(N)=O)no1. The summed E-state index contributed by atoms with van der Waals surface area (Å²) in [5.74, 6) is 0.593. The Morgan fingerprint density at radius 1 is 1.53 bits per heavy atom. The smallest absolute Gasteiger partial charge is 0.252 e. The molecule has 0 fully saturated rings. The summed E-state index contributed by atoms with van der Waals surface area (Å²) in [7, 11) is 1.70. The molecule has 100 valence electrons. The lowest BCUT2D eigenvalue weighted by molar-refractivity contribution is 0.1000. The van der Waals surface area contributed by atoms with Gasteiger partial charge in [-0.15, -0.1) is 10.2 Å². The number of hydrogen-bond donors (Lipinski definition) is 1. The molecule has 0 bridgehead atoms. The summed E-state index contributed by atoms with van der Waals surface area (Å²) >= 11 is 5.69. The molecule has 0 aliphatic carbocycles. The predicted molar refractivity (Wildman–Crippen MR) is 66.7 cm³/mol. The van der Waals surface area contributed by atoms with Gasteiger partial charge in [0, 0.05) is 14.0 Å². The van der Waals surface area contributed by atoms with Crippen LogP contribution in [0.15, 0.2) is 10.6 Å². The molecule has 0 aliphatic rings. The van der Waals surface area contributed by atoms with E-state index in [-0.39, 0.29) is 10.7 Å². The lowest BCUT2D eigenvalue weighted by Crippen LogP contribution is -2.24. The summed E-state index contributed by atoms with van der Waals surface area (Å²) in [5.41, 5.74) is 5.46. The molecule has 2 rings (SSSR count).